The third-order valence-electron chi connectivity index (χ3n) is 5.06. The molecule has 0 bridgehead atoms. The predicted octanol–water partition coefficient (Wildman–Crippen LogP) is 4.76. The molecule has 2 heterocycles. The summed E-state index contributed by atoms with van der Waals surface area (Å²) in [5.41, 5.74) is 3.78. The second kappa shape index (κ2) is 7.43. The standard InChI is InChI=1S/C23H28N4O2/c1-16-24-20-7-5-6-8-21(20)27(16)19-11-9-17(10-12-19)25-18-13-14-26(15-18)22(28)29-23(2,3)4/h5-12,18,25H,13-15H2,1-4H3. The van der Waals surface area contributed by atoms with Gasteiger partial charge in [-0.25, -0.2) is 9.78 Å². The van der Waals surface area contributed by atoms with Gasteiger partial charge in [-0.3, -0.25) is 4.57 Å². The summed E-state index contributed by atoms with van der Waals surface area (Å²) in [4.78, 5) is 18.7. The van der Waals surface area contributed by atoms with E-state index in [1.165, 1.54) is 0 Å². The molecule has 1 saturated heterocycles. The van der Waals surface area contributed by atoms with E-state index in [1.54, 1.807) is 4.90 Å². The molecule has 4 rings (SSSR count). The highest BCUT2D eigenvalue weighted by Crippen LogP contribution is 2.24. The smallest absolute Gasteiger partial charge is 0.410 e. The maximum absolute atomic E-state index is 12.2. The zero-order valence-corrected chi connectivity index (χ0v) is 17.5. The summed E-state index contributed by atoms with van der Waals surface area (Å²) in [5.74, 6) is 0.968. The SMILES string of the molecule is Cc1nc2ccccc2n1-c1ccc(NC2CCN(C(=O)OC(C)(C)C)C2)cc1. The fraction of sp³-hybridized carbons (Fsp3) is 0.391. The van der Waals surface area contributed by atoms with Crippen LogP contribution in [0.1, 0.15) is 33.0 Å². The van der Waals surface area contributed by atoms with Crippen molar-refractivity contribution in [2.24, 2.45) is 0 Å². The summed E-state index contributed by atoms with van der Waals surface area (Å²) in [6, 6.07) is 16.8. The van der Waals surface area contributed by atoms with Crippen LogP contribution in [0.2, 0.25) is 0 Å². The van der Waals surface area contributed by atoms with Crippen molar-refractivity contribution in [3.63, 3.8) is 0 Å². The lowest BCUT2D eigenvalue weighted by Gasteiger charge is -2.24. The number of hydrogen-bond donors (Lipinski definition) is 1. The van der Waals surface area contributed by atoms with E-state index in [0.717, 1.165) is 34.7 Å². The summed E-state index contributed by atoms with van der Waals surface area (Å²) in [6.45, 7) is 9.07. The highest BCUT2D eigenvalue weighted by Gasteiger charge is 2.29. The van der Waals surface area contributed by atoms with Crippen molar-refractivity contribution in [1.29, 1.82) is 0 Å². The molecule has 0 aliphatic carbocycles. The first-order valence-electron chi connectivity index (χ1n) is 10.1. The Balaban J connectivity index is 1.43. The Morgan fingerprint density at radius 3 is 2.59 bits per heavy atom. The lowest BCUT2D eigenvalue weighted by Crippen LogP contribution is -2.36. The third kappa shape index (κ3) is 4.21. The molecule has 1 N–H and O–H groups in total. The lowest BCUT2D eigenvalue weighted by molar-refractivity contribution is 0.0293. The van der Waals surface area contributed by atoms with Crippen LogP contribution in [-0.2, 0) is 4.74 Å². The van der Waals surface area contributed by atoms with Gasteiger partial charge in [0.25, 0.3) is 0 Å². The first kappa shape index (κ1) is 19.3. The van der Waals surface area contributed by atoms with Crippen molar-refractivity contribution >= 4 is 22.8 Å². The van der Waals surface area contributed by atoms with Gasteiger partial charge in [0, 0.05) is 30.5 Å². The van der Waals surface area contributed by atoms with E-state index in [4.69, 9.17) is 4.74 Å². The van der Waals surface area contributed by atoms with Crippen LogP contribution in [0.15, 0.2) is 48.5 Å². The second-order valence-electron chi connectivity index (χ2n) is 8.59. The van der Waals surface area contributed by atoms with Gasteiger partial charge in [-0.2, -0.15) is 0 Å². The van der Waals surface area contributed by atoms with Crippen molar-refractivity contribution in [3.8, 4) is 5.69 Å². The molecule has 152 valence electrons. The van der Waals surface area contributed by atoms with E-state index in [0.29, 0.717) is 13.1 Å². The van der Waals surface area contributed by atoms with Gasteiger partial charge in [0.2, 0.25) is 0 Å². The predicted molar refractivity (Wildman–Crippen MR) is 116 cm³/mol. The number of imidazole rings is 1. The summed E-state index contributed by atoms with van der Waals surface area (Å²) >= 11 is 0. The zero-order chi connectivity index (χ0) is 20.6. The van der Waals surface area contributed by atoms with E-state index < -0.39 is 5.60 Å². The number of nitrogens with one attached hydrogen (secondary N) is 1. The molecule has 0 spiro atoms. The second-order valence-corrected chi connectivity index (χ2v) is 8.59. The molecule has 1 aliphatic heterocycles. The maximum Gasteiger partial charge on any atom is 0.410 e. The lowest BCUT2D eigenvalue weighted by atomic mass is 10.2. The van der Waals surface area contributed by atoms with Gasteiger partial charge in [0.15, 0.2) is 0 Å². The van der Waals surface area contributed by atoms with E-state index >= 15 is 0 Å². The number of aryl methyl sites for hydroxylation is 1. The molecule has 29 heavy (non-hydrogen) atoms. The monoisotopic (exact) mass is 392 g/mol. The van der Waals surface area contributed by atoms with Crippen LogP contribution < -0.4 is 5.32 Å². The van der Waals surface area contributed by atoms with Crippen LogP contribution in [0.3, 0.4) is 0 Å². The minimum atomic E-state index is -0.464. The molecule has 1 aromatic heterocycles. The number of benzene rings is 2. The van der Waals surface area contributed by atoms with E-state index in [1.807, 2.05) is 45.9 Å². The quantitative estimate of drug-likeness (QED) is 0.698. The number of carbonyl (C=O) groups is 1. The summed E-state index contributed by atoms with van der Waals surface area (Å²) in [7, 11) is 0. The minimum absolute atomic E-state index is 0.226. The van der Waals surface area contributed by atoms with Crippen LogP contribution in [0.25, 0.3) is 16.7 Å². The Bertz CT molecular complexity index is 1020. The number of fused-ring (bicyclic) bond motifs is 1. The average molecular weight is 393 g/mol. The first-order chi connectivity index (χ1) is 13.8. The molecular formula is C23H28N4O2. The molecule has 1 amide bonds. The number of nitrogens with zero attached hydrogens (tertiary/aromatic N) is 3. The highest BCUT2D eigenvalue weighted by atomic mass is 16.6. The fourth-order valence-corrected chi connectivity index (χ4v) is 3.79. The molecule has 1 aliphatic rings. The molecule has 6 heteroatoms. The van der Waals surface area contributed by atoms with Gasteiger partial charge in [0.05, 0.1) is 11.0 Å². The molecule has 0 saturated carbocycles. The largest absolute Gasteiger partial charge is 0.444 e. The Kier molecular flexibility index (Phi) is 4.94. The number of anilines is 1. The number of amides is 1. The normalized spacial score (nSPS) is 17.0. The van der Waals surface area contributed by atoms with Gasteiger partial charge in [-0.1, -0.05) is 12.1 Å². The minimum Gasteiger partial charge on any atom is -0.444 e. The summed E-state index contributed by atoms with van der Waals surface area (Å²) in [6.07, 6.45) is 0.673. The molecule has 1 atom stereocenters. The van der Waals surface area contributed by atoms with Gasteiger partial charge in [-0.05, 0) is 70.5 Å². The van der Waals surface area contributed by atoms with E-state index in [-0.39, 0.29) is 12.1 Å². The molecule has 2 aromatic carbocycles. The number of aromatic nitrogens is 2. The van der Waals surface area contributed by atoms with Crippen molar-refractivity contribution in [1.82, 2.24) is 14.5 Å². The summed E-state index contributed by atoms with van der Waals surface area (Å²) in [5, 5.41) is 3.54. The molecule has 6 nitrogen and oxygen atoms in total. The zero-order valence-electron chi connectivity index (χ0n) is 17.5. The number of para-hydroxylation sites is 2. The molecular weight excluding hydrogens is 364 g/mol. The van der Waals surface area contributed by atoms with Gasteiger partial charge < -0.3 is 15.0 Å². The van der Waals surface area contributed by atoms with Gasteiger partial charge in [0.1, 0.15) is 11.4 Å². The van der Waals surface area contributed by atoms with Crippen molar-refractivity contribution in [3.05, 3.63) is 54.4 Å². The number of hydrogen-bond acceptors (Lipinski definition) is 4. The fourth-order valence-electron chi connectivity index (χ4n) is 3.79. The Labute approximate surface area is 171 Å². The number of carbonyl (C=O) groups excluding carboxylic acids is 1. The first-order valence-corrected chi connectivity index (χ1v) is 10.1. The Hall–Kier alpha value is -3.02. The highest BCUT2D eigenvalue weighted by molar-refractivity contribution is 5.78. The van der Waals surface area contributed by atoms with Crippen LogP contribution in [0, 0.1) is 6.92 Å². The Morgan fingerprint density at radius 1 is 1.14 bits per heavy atom. The van der Waals surface area contributed by atoms with Crippen LogP contribution >= 0.6 is 0 Å². The van der Waals surface area contributed by atoms with Gasteiger partial charge in [-0.15, -0.1) is 0 Å². The van der Waals surface area contributed by atoms with E-state index in [9.17, 15) is 4.79 Å². The van der Waals surface area contributed by atoms with Crippen LogP contribution in [0.4, 0.5) is 10.5 Å². The summed E-state index contributed by atoms with van der Waals surface area (Å²) < 4.78 is 7.64. The molecule has 3 aromatic rings. The van der Waals surface area contributed by atoms with Crippen LogP contribution in [-0.4, -0.2) is 45.3 Å². The number of ether oxygens (including phenoxy) is 1. The molecule has 1 unspecified atom stereocenters. The van der Waals surface area contributed by atoms with Crippen molar-refractivity contribution < 1.29 is 9.53 Å². The third-order valence-corrected chi connectivity index (χ3v) is 5.06. The molecule has 1 fully saturated rings. The maximum atomic E-state index is 12.2. The van der Waals surface area contributed by atoms with Crippen LogP contribution in [0.5, 0.6) is 0 Å². The van der Waals surface area contributed by atoms with Crippen molar-refractivity contribution in [2.75, 3.05) is 18.4 Å². The van der Waals surface area contributed by atoms with Crippen molar-refractivity contribution in [2.45, 2.75) is 45.8 Å². The van der Waals surface area contributed by atoms with E-state index in [2.05, 4.69) is 45.2 Å². The average Bonchev–Trinajstić information content (AvgIpc) is 3.25. The number of rotatable bonds is 3. The Morgan fingerprint density at radius 2 is 1.86 bits per heavy atom. The topological polar surface area (TPSA) is 59.4 Å². The number of likely N-dealkylation sites (tertiary alicyclic amines) is 1. The molecule has 0 radical (unpaired) electrons. The van der Waals surface area contributed by atoms with Gasteiger partial charge >= 0.3 is 6.09 Å².